The van der Waals surface area contributed by atoms with E-state index in [-0.39, 0.29) is 11.3 Å². The molecule has 0 spiro atoms. The van der Waals surface area contributed by atoms with Gasteiger partial charge in [-0.3, -0.25) is 4.79 Å². The molecule has 20 heavy (non-hydrogen) atoms. The lowest BCUT2D eigenvalue weighted by Gasteiger charge is -2.22. The summed E-state index contributed by atoms with van der Waals surface area (Å²) in [5.41, 5.74) is 2.16. The van der Waals surface area contributed by atoms with Crippen molar-refractivity contribution in [3.63, 3.8) is 0 Å². The predicted octanol–water partition coefficient (Wildman–Crippen LogP) is 2.81. The van der Waals surface area contributed by atoms with E-state index >= 15 is 0 Å². The molecule has 1 aliphatic heterocycles. The van der Waals surface area contributed by atoms with E-state index in [1.165, 1.54) is 18.4 Å². The molecule has 0 saturated carbocycles. The number of likely N-dealkylation sites (N-methyl/N-ethyl adjacent to an activating group) is 1. The lowest BCUT2D eigenvalue weighted by atomic mass is 9.86. The number of hydrogen-bond donors (Lipinski definition) is 1. The molecule has 1 unspecified atom stereocenters. The second-order valence-electron chi connectivity index (χ2n) is 6.81. The largest absolute Gasteiger partial charge is 0.340 e. The van der Waals surface area contributed by atoms with Crippen molar-refractivity contribution in [2.24, 2.45) is 0 Å². The highest BCUT2D eigenvalue weighted by Gasteiger charge is 2.20. The Hall–Kier alpha value is -1.35. The maximum atomic E-state index is 12.4. The Bertz CT molecular complexity index is 453. The van der Waals surface area contributed by atoms with E-state index in [0.29, 0.717) is 6.04 Å². The third kappa shape index (κ3) is 3.60. The number of carbonyl (C=O) groups excluding carboxylic acids is 1. The van der Waals surface area contributed by atoms with Gasteiger partial charge in [-0.25, -0.2) is 0 Å². The van der Waals surface area contributed by atoms with Gasteiger partial charge in [0.25, 0.3) is 5.91 Å². The molecular weight excluding hydrogens is 248 g/mol. The molecule has 0 radical (unpaired) electrons. The number of nitrogens with zero attached hydrogens (tertiary/aromatic N) is 1. The van der Waals surface area contributed by atoms with Crippen LogP contribution >= 0.6 is 0 Å². The van der Waals surface area contributed by atoms with Crippen molar-refractivity contribution in [1.29, 1.82) is 0 Å². The SMILES string of the molecule is CN(CC1CCCN1)C(=O)c1ccc(C(C)(C)C)cc1. The van der Waals surface area contributed by atoms with Crippen LogP contribution in [0.1, 0.15) is 49.5 Å². The van der Waals surface area contributed by atoms with Crippen LogP contribution in [0.4, 0.5) is 0 Å². The summed E-state index contributed by atoms with van der Waals surface area (Å²) in [7, 11) is 1.89. The van der Waals surface area contributed by atoms with E-state index in [2.05, 4.69) is 38.2 Å². The Morgan fingerprint density at radius 2 is 1.95 bits per heavy atom. The Kier molecular flexibility index (Phi) is 4.48. The van der Waals surface area contributed by atoms with Crippen molar-refractivity contribution >= 4 is 5.91 Å². The first-order valence-corrected chi connectivity index (χ1v) is 7.47. The summed E-state index contributed by atoms with van der Waals surface area (Å²) in [5, 5.41) is 3.43. The van der Waals surface area contributed by atoms with Gasteiger partial charge in [-0.15, -0.1) is 0 Å². The summed E-state index contributed by atoms with van der Waals surface area (Å²) in [6, 6.07) is 8.48. The fourth-order valence-electron chi connectivity index (χ4n) is 2.66. The Labute approximate surface area is 122 Å². The summed E-state index contributed by atoms with van der Waals surface area (Å²) in [6.45, 7) is 8.41. The molecule has 110 valence electrons. The third-order valence-electron chi connectivity index (χ3n) is 4.00. The van der Waals surface area contributed by atoms with Crippen LogP contribution < -0.4 is 5.32 Å². The Morgan fingerprint density at radius 3 is 2.45 bits per heavy atom. The van der Waals surface area contributed by atoms with Crippen LogP contribution in [0.3, 0.4) is 0 Å². The molecular formula is C17H26N2O. The van der Waals surface area contributed by atoms with E-state index in [9.17, 15) is 4.79 Å². The molecule has 1 aromatic carbocycles. The van der Waals surface area contributed by atoms with Crippen LogP contribution in [-0.2, 0) is 5.41 Å². The maximum absolute atomic E-state index is 12.4. The first-order chi connectivity index (χ1) is 9.38. The van der Waals surface area contributed by atoms with Crippen molar-refractivity contribution in [1.82, 2.24) is 10.2 Å². The smallest absolute Gasteiger partial charge is 0.253 e. The topological polar surface area (TPSA) is 32.3 Å². The highest BCUT2D eigenvalue weighted by molar-refractivity contribution is 5.94. The van der Waals surface area contributed by atoms with E-state index < -0.39 is 0 Å². The number of hydrogen-bond acceptors (Lipinski definition) is 2. The van der Waals surface area contributed by atoms with Gasteiger partial charge in [0.2, 0.25) is 0 Å². The van der Waals surface area contributed by atoms with Gasteiger partial charge in [-0.05, 0) is 42.5 Å². The molecule has 1 fully saturated rings. The molecule has 1 N–H and O–H groups in total. The van der Waals surface area contributed by atoms with Crippen LogP contribution in [0, 0.1) is 0 Å². The second-order valence-corrected chi connectivity index (χ2v) is 6.81. The standard InChI is InChI=1S/C17H26N2O/c1-17(2,3)14-9-7-13(8-10-14)16(20)19(4)12-15-6-5-11-18-15/h7-10,15,18H,5-6,11-12H2,1-4H3. The third-order valence-corrected chi connectivity index (χ3v) is 4.00. The minimum absolute atomic E-state index is 0.110. The summed E-state index contributed by atoms with van der Waals surface area (Å²) >= 11 is 0. The van der Waals surface area contributed by atoms with Crippen LogP contribution in [0.25, 0.3) is 0 Å². The van der Waals surface area contributed by atoms with Gasteiger partial charge in [-0.2, -0.15) is 0 Å². The zero-order valence-corrected chi connectivity index (χ0v) is 13.1. The number of carbonyl (C=O) groups is 1. The number of nitrogens with one attached hydrogen (secondary N) is 1. The monoisotopic (exact) mass is 274 g/mol. The van der Waals surface area contributed by atoms with Crippen molar-refractivity contribution in [3.05, 3.63) is 35.4 Å². The van der Waals surface area contributed by atoms with Crippen molar-refractivity contribution in [2.45, 2.75) is 45.1 Å². The molecule has 1 aliphatic rings. The molecule has 1 aromatic rings. The average molecular weight is 274 g/mol. The Balaban J connectivity index is 2.01. The van der Waals surface area contributed by atoms with Crippen LogP contribution in [0.15, 0.2) is 24.3 Å². The molecule has 1 amide bonds. The van der Waals surface area contributed by atoms with E-state index in [1.54, 1.807) is 0 Å². The van der Waals surface area contributed by atoms with Crippen LogP contribution in [0.5, 0.6) is 0 Å². The van der Waals surface area contributed by atoms with Gasteiger partial charge >= 0.3 is 0 Å². The summed E-state index contributed by atoms with van der Waals surface area (Å²) in [5.74, 6) is 0.110. The minimum Gasteiger partial charge on any atom is -0.340 e. The lowest BCUT2D eigenvalue weighted by molar-refractivity contribution is 0.0784. The van der Waals surface area contributed by atoms with Gasteiger partial charge < -0.3 is 10.2 Å². The Morgan fingerprint density at radius 1 is 1.30 bits per heavy atom. The second kappa shape index (κ2) is 5.96. The van der Waals surface area contributed by atoms with E-state index in [1.807, 2.05) is 24.1 Å². The van der Waals surface area contributed by atoms with Gasteiger partial charge in [0, 0.05) is 25.2 Å². The molecule has 1 saturated heterocycles. The van der Waals surface area contributed by atoms with Crippen molar-refractivity contribution in [2.75, 3.05) is 20.1 Å². The van der Waals surface area contributed by atoms with Crippen molar-refractivity contribution in [3.8, 4) is 0 Å². The predicted molar refractivity (Wildman–Crippen MR) is 83.1 cm³/mol. The zero-order valence-electron chi connectivity index (χ0n) is 13.1. The normalized spacial score (nSPS) is 19.1. The van der Waals surface area contributed by atoms with E-state index in [0.717, 1.165) is 18.7 Å². The average Bonchev–Trinajstić information content (AvgIpc) is 2.90. The van der Waals surface area contributed by atoms with Gasteiger partial charge in [0.1, 0.15) is 0 Å². The highest BCUT2D eigenvalue weighted by atomic mass is 16.2. The zero-order chi connectivity index (χ0) is 14.8. The molecule has 2 rings (SSSR count). The van der Waals surface area contributed by atoms with E-state index in [4.69, 9.17) is 0 Å². The minimum atomic E-state index is 0.110. The quantitative estimate of drug-likeness (QED) is 0.919. The summed E-state index contributed by atoms with van der Waals surface area (Å²) < 4.78 is 0. The molecule has 0 aliphatic carbocycles. The number of benzene rings is 1. The van der Waals surface area contributed by atoms with Gasteiger partial charge in [0.15, 0.2) is 0 Å². The highest BCUT2D eigenvalue weighted by Crippen LogP contribution is 2.22. The fourth-order valence-corrected chi connectivity index (χ4v) is 2.66. The molecule has 1 heterocycles. The molecule has 3 heteroatoms. The lowest BCUT2D eigenvalue weighted by Crippen LogP contribution is -2.38. The maximum Gasteiger partial charge on any atom is 0.253 e. The van der Waals surface area contributed by atoms with Crippen LogP contribution in [0.2, 0.25) is 0 Å². The number of rotatable bonds is 3. The first-order valence-electron chi connectivity index (χ1n) is 7.47. The fraction of sp³-hybridized carbons (Fsp3) is 0.588. The van der Waals surface area contributed by atoms with Crippen LogP contribution in [-0.4, -0.2) is 37.0 Å². The molecule has 0 bridgehead atoms. The summed E-state index contributed by atoms with van der Waals surface area (Å²) in [6.07, 6.45) is 2.38. The first kappa shape index (κ1) is 15.0. The summed E-state index contributed by atoms with van der Waals surface area (Å²) in [4.78, 5) is 14.2. The number of amides is 1. The van der Waals surface area contributed by atoms with Gasteiger partial charge in [0.05, 0.1) is 0 Å². The molecule has 1 atom stereocenters. The van der Waals surface area contributed by atoms with Gasteiger partial charge in [-0.1, -0.05) is 32.9 Å². The molecule has 3 nitrogen and oxygen atoms in total. The molecule has 0 aromatic heterocycles. The van der Waals surface area contributed by atoms with Crippen molar-refractivity contribution < 1.29 is 4.79 Å².